The van der Waals surface area contributed by atoms with E-state index in [1.807, 2.05) is 49.4 Å². The van der Waals surface area contributed by atoms with E-state index in [0.717, 1.165) is 11.1 Å². The zero-order valence-corrected chi connectivity index (χ0v) is 21.2. The fraction of sp³-hybridized carbons (Fsp3) is 0.269. The number of aromatic nitrogens is 1. The molecule has 9 heteroatoms. The Hall–Kier alpha value is -3.41. The van der Waals surface area contributed by atoms with Gasteiger partial charge in [-0.15, -0.1) is 0 Å². The molecule has 0 bridgehead atoms. The van der Waals surface area contributed by atoms with Gasteiger partial charge in [-0.1, -0.05) is 35.9 Å². The smallest absolute Gasteiger partial charge is 0.263 e. The SMILES string of the molecule is CC(NC(=O)C(C)(C)Oc1ccc([SH](=O)=O)cn1)C(Cc1ccc(Cl)cc1)c1cccc(C#N)c1. The van der Waals surface area contributed by atoms with Gasteiger partial charge in [0.1, 0.15) is 0 Å². The lowest BCUT2D eigenvalue weighted by Crippen LogP contribution is -2.51. The van der Waals surface area contributed by atoms with E-state index in [9.17, 15) is 18.5 Å². The minimum absolute atomic E-state index is 0.0628. The first-order valence-corrected chi connectivity index (χ1v) is 12.5. The molecule has 1 heterocycles. The molecule has 0 saturated heterocycles. The Labute approximate surface area is 211 Å². The third-order valence-electron chi connectivity index (χ3n) is 5.61. The van der Waals surface area contributed by atoms with Gasteiger partial charge < -0.3 is 10.1 Å². The highest BCUT2D eigenvalue weighted by Crippen LogP contribution is 2.27. The molecule has 1 amide bonds. The minimum Gasteiger partial charge on any atom is -0.462 e. The summed E-state index contributed by atoms with van der Waals surface area (Å²) in [5.41, 5.74) is 1.23. The van der Waals surface area contributed by atoms with Crippen LogP contribution in [0.25, 0.3) is 0 Å². The number of rotatable bonds is 9. The summed E-state index contributed by atoms with van der Waals surface area (Å²) in [7, 11) is -2.75. The third kappa shape index (κ3) is 7.04. The molecule has 0 spiro atoms. The number of thiol groups is 1. The van der Waals surface area contributed by atoms with E-state index in [1.54, 1.807) is 19.9 Å². The quantitative estimate of drug-likeness (QED) is 0.415. The number of carbonyl (C=O) groups excluding carboxylic acids is 1. The van der Waals surface area contributed by atoms with Gasteiger partial charge in [-0.2, -0.15) is 5.26 Å². The summed E-state index contributed by atoms with van der Waals surface area (Å²) in [6, 6.07) is 19.5. The number of halogens is 1. The van der Waals surface area contributed by atoms with Gasteiger partial charge >= 0.3 is 0 Å². The lowest BCUT2D eigenvalue weighted by atomic mass is 9.85. The Kier molecular flexibility index (Phi) is 8.49. The fourth-order valence-electron chi connectivity index (χ4n) is 3.63. The number of amides is 1. The first kappa shape index (κ1) is 26.2. The van der Waals surface area contributed by atoms with Crippen LogP contribution in [-0.4, -0.2) is 31.0 Å². The van der Waals surface area contributed by atoms with Crippen molar-refractivity contribution >= 4 is 28.2 Å². The molecule has 3 aromatic rings. The number of nitrogens with one attached hydrogen (secondary N) is 1. The normalized spacial score (nSPS) is 13.0. The van der Waals surface area contributed by atoms with Crippen molar-refractivity contribution in [3.8, 4) is 11.9 Å². The molecule has 0 aliphatic carbocycles. The van der Waals surface area contributed by atoms with Crippen LogP contribution in [-0.2, 0) is 21.9 Å². The summed E-state index contributed by atoms with van der Waals surface area (Å²) in [4.78, 5) is 17.2. The summed E-state index contributed by atoms with van der Waals surface area (Å²) in [6.07, 6.45) is 1.80. The van der Waals surface area contributed by atoms with Crippen molar-refractivity contribution in [3.05, 3.63) is 88.6 Å². The van der Waals surface area contributed by atoms with E-state index in [1.165, 1.54) is 18.3 Å². The number of hydrogen-bond donors (Lipinski definition) is 2. The molecule has 3 rings (SSSR count). The number of nitriles is 1. The molecule has 2 unspecified atom stereocenters. The molecule has 7 nitrogen and oxygen atoms in total. The van der Waals surface area contributed by atoms with Crippen molar-refractivity contribution in [2.75, 3.05) is 0 Å². The Morgan fingerprint density at radius 2 is 1.89 bits per heavy atom. The standard InChI is InChI=1S/C26H26ClN3O4S/c1-17(30-25(31)26(2,3)34-24-12-11-22(16-29-24)35(32)33)23(14-18-7-9-21(27)10-8-18)20-6-4-5-19(13-20)15-28/h4-13,16-17,23,35H,14H2,1-3H3,(H,30,31). The molecular formula is C26H26ClN3O4S. The maximum atomic E-state index is 13.2. The van der Waals surface area contributed by atoms with Crippen LogP contribution in [0.5, 0.6) is 5.88 Å². The van der Waals surface area contributed by atoms with Crippen molar-refractivity contribution in [3.63, 3.8) is 0 Å². The summed E-state index contributed by atoms with van der Waals surface area (Å²) in [5, 5.41) is 13.0. The summed E-state index contributed by atoms with van der Waals surface area (Å²) < 4.78 is 27.9. The molecule has 1 N–H and O–H groups in total. The van der Waals surface area contributed by atoms with Crippen molar-refractivity contribution in [2.24, 2.45) is 0 Å². The van der Waals surface area contributed by atoms with Gasteiger partial charge in [0.2, 0.25) is 5.88 Å². The van der Waals surface area contributed by atoms with Crippen molar-refractivity contribution < 1.29 is 17.9 Å². The largest absolute Gasteiger partial charge is 0.462 e. The molecule has 0 aliphatic heterocycles. The summed E-state index contributed by atoms with van der Waals surface area (Å²) >= 11 is 6.03. The Bertz CT molecular complexity index is 1290. The Morgan fingerprint density at radius 1 is 1.17 bits per heavy atom. The predicted molar refractivity (Wildman–Crippen MR) is 134 cm³/mol. The highest BCUT2D eigenvalue weighted by Gasteiger charge is 2.33. The second-order valence-electron chi connectivity index (χ2n) is 8.66. The molecule has 0 saturated carbocycles. The molecule has 182 valence electrons. The molecule has 0 radical (unpaired) electrons. The van der Waals surface area contributed by atoms with E-state index < -0.39 is 16.3 Å². The lowest BCUT2D eigenvalue weighted by molar-refractivity contribution is -0.135. The predicted octanol–water partition coefficient (Wildman–Crippen LogP) is 4.27. The van der Waals surface area contributed by atoms with Gasteiger partial charge in [-0.3, -0.25) is 4.79 Å². The molecule has 0 aliphatic rings. The average molecular weight is 512 g/mol. The van der Waals surface area contributed by atoms with E-state index in [0.29, 0.717) is 17.0 Å². The molecule has 2 aromatic carbocycles. The van der Waals surface area contributed by atoms with Crippen LogP contribution in [0.1, 0.15) is 43.4 Å². The van der Waals surface area contributed by atoms with Crippen LogP contribution in [0.4, 0.5) is 0 Å². The number of ether oxygens (including phenoxy) is 1. The second kappa shape index (κ2) is 11.3. The zero-order valence-electron chi connectivity index (χ0n) is 19.6. The molecule has 35 heavy (non-hydrogen) atoms. The van der Waals surface area contributed by atoms with E-state index in [-0.39, 0.29) is 28.6 Å². The maximum Gasteiger partial charge on any atom is 0.263 e. The number of nitrogens with zero attached hydrogens (tertiary/aromatic N) is 2. The van der Waals surface area contributed by atoms with Crippen LogP contribution < -0.4 is 10.1 Å². The second-order valence-corrected chi connectivity index (χ2v) is 10.1. The summed E-state index contributed by atoms with van der Waals surface area (Å²) in [6.45, 7) is 5.14. The number of pyridine rings is 1. The van der Waals surface area contributed by atoms with E-state index in [4.69, 9.17) is 16.3 Å². The van der Waals surface area contributed by atoms with Gasteiger partial charge in [-0.05, 0) is 68.7 Å². The monoisotopic (exact) mass is 511 g/mol. The van der Waals surface area contributed by atoms with E-state index >= 15 is 0 Å². The lowest BCUT2D eigenvalue weighted by Gasteiger charge is -2.30. The Morgan fingerprint density at radius 3 is 2.49 bits per heavy atom. The van der Waals surface area contributed by atoms with Gasteiger partial charge in [0.05, 0.1) is 16.5 Å². The van der Waals surface area contributed by atoms with Crippen molar-refractivity contribution in [2.45, 2.75) is 49.6 Å². The van der Waals surface area contributed by atoms with Gasteiger partial charge in [-0.25, -0.2) is 13.4 Å². The van der Waals surface area contributed by atoms with Crippen LogP contribution in [0, 0.1) is 11.3 Å². The first-order chi connectivity index (χ1) is 16.6. The van der Waals surface area contributed by atoms with Crippen LogP contribution in [0.2, 0.25) is 5.02 Å². The molecule has 1 aromatic heterocycles. The maximum absolute atomic E-state index is 13.2. The van der Waals surface area contributed by atoms with Gasteiger partial charge in [0, 0.05) is 29.2 Å². The molecular weight excluding hydrogens is 486 g/mol. The highest BCUT2D eigenvalue weighted by atomic mass is 35.5. The number of carbonyl (C=O) groups is 1. The molecule has 0 fully saturated rings. The number of benzene rings is 2. The van der Waals surface area contributed by atoms with Gasteiger partial charge in [0.15, 0.2) is 16.3 Å². The minimum atomic E-state index is -2.75. The zero-order chi connectivity index (χ0) is 25.6. The fourth-order valence-corrected chi connectivity index (χ4v) is 4.10. The van der Waals surface area contributed by atoms with Crippen LogP contribution in [0.15, 0.2) is 71.8 Å². The topological polar surface area (TPSA) is 109 Å². The Balaban J connectivity index is 1.80. The van der Waals surface area contributed by atoms with Crippen molar-refractivity contribution in [1.29, 1.82) is 5.26 Å². The van der Waals surface area contributed by atoms with Crippen LogP contribution >= 0.6 is 11.6 Å². The van der Waals surface area contributed by atoms with Crippen molar-refractivity contribution in [1.82, 2.24) is 10.3 Å². The highest BCUT2D eigenvalue weighted by molar-refractivity contribution is 7.72. The van der Waals surface area contributed by atoms with Gasteiger partial charge in [0.25, 0.3) is 5.91 Å². The third-order valence-corrected chi connectivity index (χ3v) is 6.55. The first-order valence-electron chi connectivity index (χ1n) is 10.9. The number of hydrogen-bond acceptors (Lipinski definition) is 6. The van der Waals surface area contributed by atoms with Crippen LogP contribution in [0.3, 0.4) is 0 Å². The molecule has 2 atom stereocenters. The van der Waals surface area contributed by atoms with E-state index in [2.05, 4.69) is 16.4 Å². The average Bonchev–Trinajstić information content (AvgIpc) is 2.83. The summed E-state index contributed by atoms with van der Waals surface area (Å²) in [5.74, 6) is -0.351.